The topological polar surface area (TPSA) is 70.4 Å². The fraction of sp³-hybridized carbons (Fsp3) is 0.471. The molecule has 8 heteroatoms. The van der Waals surface area contributed by atoms with Crippen molar-refractivity contribution >= 4 is 29.9 Å². The van der Waals surface area contributed by atoms with Gasteiger partial charge in [0.15, 0.2) is 5.96 Å². The molecule has 0 aliphatic rings. The zero-order chi connectivity index (χ0) is 17.4. The SMILES string of the molecule is CCNC(=NCc1ncnn1C)NCC(c1ccccc1)N(C)C.I. The molecule has 0 fully saturated rings. The molecular formula is C17H28IN7. The lowest BCUT2D eigenvalue weighted by Gasteiger charge is -2.26. The molecule has 1 atom stereocenters. The molecule has 7 nitrogen and oxygen atoms in total. The predicted octanol–water partition coefficient (Wildman–Crippen LogP) is 1.79. The maximum Gasteiger partial charge on any atom is 0.191 e. The molecule has 0 bridgehead atoms. The summed E-state index contributed by atoms with van der Waals surface area (Å²) in [6, 6.07) is 10.7. The molecule has 138 valence electrons. The molecule has 1 aromatic carbocycles. The highest BCUT2D eigenvalue weighted by atomic mass is 127. The van der Waals surface area contributed by atoms with Crippen LogP contribution in [0.1, 0.15) is 24.4 Å². The summed E-state index contributed by atoms with van der Waals surface area (Å²) in [5.74, 6) is 1.61. The van der Waals surface area contributed by atoms with Crippen LogP contribution in [0.4, 0.5) is 0 Å². The molecule has 0 amide bonds. The highest BCUT2D eigenvalue weighted by molar-refractivity contribution is 14.0. The van der Waals surface area contributed by atoms with E-state index in [1.54, 1.807) is 11.0 Å². The van der Waals surface area contributed by atoms with E-state index in [1.807, 2.05) is 13.1 Å². The van der Waals surface area contributed by atoms with Gasteiger partial charge in [-0.25, -0.2) is 9.98 Å². The Kier molecular flexibility index (Phi) is 9.43. The summed E-state index contributed by atoms with van der Waals surface area (Å²) in [5, 5.41) is 10.8. The first-order valence-electron chi connectivity index (χ1n) is 8.18. The van der Waals surface area contributed by atoms with Crippen molar-refractivity contribution in [2.75, 3.05) is 27.2 Å². The van der Waals surface area contributed by atoms with Crippen molar-refractivity contribution in [3.05, 3.63) is 48.0 Å². The second-order valence-electron chi connectivity index (χ2n) is 5.77. The van der Waals surface area contributed by atoms with E-state index in [4.69, 9.17) is 0 Å². The van der Waals surface area contributed by atoms with Crippen LogP contribution >= 0.6 is 24.0 Å². The Morgan fingerprint density at radius 3 is 2.52 bits per heavy atom. The standard InChI is InChI=1S/C17H27N7.HI/c1-5-18-17(20-12-16-21-13-22-24(16)4)19-11-15(23(2)3)14-9-7-6-8-10-14;/h6-10,13,15H,5,11-12H2,1-4H3,(H2,18,19,20);1H. The maximum absolute atomic E-state index is 4.59. The number of aryl methyl sites for hydroxylation is 1. The summed E-state index contributed by atoms with van der Waals surface area (Å²) in [4.78, 5) is 11.0. The van der Waals surface area contributed by atoms with Gasteiger partial charge in [0.2, 0.25) is 0 Å². The molecule has 0 saturated carbocycles. The van der Waals surface area contributed by atoms with E-state index in [0.717, 1.165) is 24.9 Å². The molecule has 1 unspecified atom stereocenters. The van der Waals surface area contributed by atoms with Crippen LogP contribution in [-0.4, -0.2) is 52.8 Å². The van der Waals surface area contributed by atoms with Gasteiger partial charge in [-0.1, -0.05) is 30.3 Å². The summed E-state index contributed by atoms with van der Waals surface area (Å²) in [5.41, 5.74) is 1.28. The van der Waals surface area contributed by atoms with E-state index < -0.39 is 0 Å². The molecule has 2 N–H and O–H groups in total. The van der Waals surface area contributed by atoms with Gasteiger partial charge in [0.25, 0.3) is 0 Å². The fourth-order valence-electron chi connectivity index (χ4n) is 2.42. The highest BCUT2D eigenvalue weighted by Crippen LogP contribution is 2.16. The van der Waals surface area contributed by atoms with Crippen molar-refractivity contribution in [2.45, 2.75) is 19.5 Å². The van der Waals surface area contributed by atoms with E-state index in [9.17, 15) is 0 Å². The van der Waals surface area contributed by atoms with Gasteiger partial charge in [-0.15, -0.1) is 24.0 Å². The van der Waals surface area contributed by atoms with E-state index in [2.05, 4.69) is 75.9 Å². The third-order valence-electron chi connectivity index (χ3n) is 3.80. The van der Waals surface area contributed by atoms with Crippen molar-refractivity contribution in [3.8, 4) is 0 Å². The van der Waals surface area contributed by atoms with Gasteiger partial charge in [0.1, 0.15) is 18.7 Å². The third-order valence-corrected chi connectivity index (χ3v) is 3.80. The molecule has 0 radical (unpaired) electrons. The van der Waals surface area contributed by atoms with E-state index in [1.165, 1.54) is 5.56 Å². The number of guanidine groups is 1. The number of hydrogen-bond acceptors (Lipinski definition) is 4. The first kappa shape index (κ1) is 21.4. The zero-order valence-electron chi connectivity index (χ0n) is 15.3. The number of benzene rings is 1. The van der Waals surface area contributed by atoms with Crippen LogP contribution in [0.3, 0.4) is 0 Å². The quantitative estimate of drug-likeness (QED) is 0.377. The van der Waals surface area contributed by atoms with E-state index in [0.29, 0.717) is 6.54 Å². The van der Waals surface area contributed by atoms with Gasteiger partial charge in [-0.2, -0.15) is 5.10 Å². The summed E-state index contributed by atoms with van der Waals surface area (Å²) in [6.45, 7) is 4.12. The van der Waals surface area contributed by atoms with Crippen LogP contribution in [0.15, 0.2) is 41.7 Å². The average molecular weight is 457 g/mol. The first-order valence-corrected chi connectivity index (χ1v) is 8.18. The molecule has 0 spiro atoms. The zero-order valence-corrected chi connectivity index (χ0v) is 17.6. The molecule has 2 rings (SSSR count). The molecule has 2 aromatic rings. The molecule has 0 aliphatic carbocycles. The number of nitrogens with one attached hydrogen (secondary N) is 2. The minimum atomic E-state index is 0. The van der Waals surface area contributed by atoms with Gasteiger partial charge < -0.3 is 15.5 Å². The first-order chi connectivity index (χ1) is 11.6. The van der Waals surface area contributed by atoms with Crippen LogP contribution in [0.5, 0.6) is 0 Å². The van der Waals surface area contributed by atoms with Gasteiger partial charge in [-0.3, -0.25) is 4.68 Å². The number of hydrogen-bond donors (Lipinski definition) is 2. The molecule has 1 aromatic heterocycles. The lowest BCUT2D eigenvalue weighted by atomic mass is 10.1. The summed E-state index contributed by atoms with van der Waals surface area (Å²) in [6.07, 6.45) is 1.54. The Morgan fingerprint density at radius 2 is 1.96 bits per heavy atom. The molecule has 0 saturated heterocycles. The van der Waals surface area contributed by atoms with Crippen LogP contribution in [0, 0.1) is 0 Å². The normalized spacial score (nSPS) is 12.6. The smallest absolute Gasteiger partial charge is 0.191 e. The second-order valence-corrected chi connectivity index (χ2v) is 5.77. The number of aliphatic imine (C=N–C) groups is 1. The minimum absolute atomic E-state index is 0. The lowest BCUT2D eigenvalue weighted by Crippen LogP contribution is -2.41. The number of halogens is 1. The number of rotatable bonds is 7. The van der Waals surface area contributed by atoms with Gasteiger partial charge >= 0.3 is 0 Å². The van der Waals surface area contributed by atoms with Crippen molar-refractivity contribution in [3.63, 3.8) is 0 Å². The van der Waals surface area contributed by atoms with Crippen LogP contribution in [0.25, 0.3) is 0 Å². The monoisotopic (exact) mass is 457 g/mol. The third kappa shape index (κ3) is 6.62. The van der Waals surface area contributed by atoms with Gasteiger partial charge in [0.05, 0.1) is 6.04 Å². The van der Waals surface area contributed by atoms with Crippen LogP contribution in [-0.2, 0) is 13.6 Å². The largest absolute Gasteiger partial charge is 0.357 e. The Morgan fingerprint density at radius 1 is 1.24 bits per heavy atom. The average Bonchev–Trinajstić information content (AvgIpc) is 2.98. The molecule has 1 heterocycles. The number of nitrogens with zero attached hydrogens (tertiary/aromatic N) is 5. The highest BCUT2D eigenvalue weighted by Gasteiger charge is 2.14. The van der Waals surface area contributed by atoms with Crippen molar-refractivity contribution < 1.29 is 0 Å². The van der Waals surface area contributed by atoms with Gasteiger partial charge in [-0.05, 0) is 26.6 Å². The van der Waals surface area contributed by atoms with E-state index in [-0.39, 0.29) is 30.0 Å². The van der Waals surface area contributed by atoms with E-state index >= 15 is 0 Å². The summed E-state index contributed by atoms with van der Waals surface area (Å²) < 4.78 is 1.74. The van der Waals surface area contributed by atoms with Crippen molar-refractivity contribution in [2.24, 2.45) is 12.0 Å². The van der Waals surface area contributed by atoms with Gasteiger partial charge in [0, 0.05) is 20.1 Å². The lowest BCUT2D eigenvalue weighted by molar-refractivity contribution is 0.298. The molecular weight excluding hydrogens is 429 g/mol. The van der Waals surface area contributed by atoms with Crippen molar-refractivity contribution in [1.82, 2.24) is 30.3 Å². The Hall–Kier alpha value is -1.68. The maximum atomic E-state index is 4.59. The number of likely N-dealkylation sites (N-methyl/N-ethyl adjacent to an activating group) is 1. The Balaban J connectivity index is 0.00000312. The number of aromatic nitrogens is 3. The molecule has 25 heavy (non-hydrogen) atoms. The minimum Gasteiger partial charge on any atom is -0.357 e. The second kappa shape index (κ2) is 11.0. The molecule has 0 aliphatic heterocycles. The fourth-order valence-corrected chi connectivity index (χ4v) is 2.42. The van der Waals surface area contributed by atoms with Crippen LogP contribution < -0.4 is 10.6 Å². The van der Waals surface area contributed by atoms with Crippen molar-refractivity contribution in [1.29, 1.82) is 0 Å². The summed E-state index contributed by atoms with van der Waals surface area (Å²) in [7, 11) is 6.04. The predicted molar refractivity (Wildman–Crippen MR) is 112 cm³/mol. The Labute approximate surface area is 166 Å². The van der Waals surface area contributed by atoms with Crippen LogP contribution in [0.2, 0.25) is 0 Å². The summed E-state index contributed by atoms with van der Waals surface area (Å²) >= 11 is 0. The Bertz CT molecular complexity index is 639.